The van der Waals surface area contributed by atoms with E-state index in [0.29, 0.717) is 0 Å². The Morgan fingerprint density at radius 2 is 1.83 bits per heavy atom. The number of nitrogens with zero attached hydrogens (tertiary/aromatic N) is 1. The highest BCUT2D eigenvalue weighted by atomic mass is 35.5. The largest absolute Gasteiger partial charge is 0.476 e. The van der Waals surface area contributed by atoms with Crippen LogP contribution in [0.3, 0.4) is 0 Å². The Morgan fingerprint density at radius 1 is 1.17 bits per heavy atom. The molecular weight excluding hydrogens is 361 g/mol. The Hall–Kier alpha value is -1.95. The van der Waals surface area contributed by atoms with E-state index in [0.717, 1.165) is 11.3 Å². The van der Waals surface area contributed by atoms with E-state index in [1.807, 2.05) is 43.3 Å². The average Bonchev–Trinajstić information content (AvgIpc) is 2.55. The molecule has 0 unspecified atom stereocenters. The number of rotatable bonds is 5. The summed E-state index contributed by atoms with van der Waals surface area (Å²) in [6, 6.07) is 9.52. The summed E-state index contributed by atoms with van der Waals surface area (Å²) < 4.78 is 0. The lowest BCUT2D eigenvalue weighted by Crippen LogP contribution is -2.21. The standard InChI is InChI=1S/C15H12Cl3N3O2/c1-2-9(8-6-4-3-5-7-8)20-21-12-10(16)13(15(22)23)19-14(18)11(12)17/h2-7,20H,1H3,(H,19,21)(H,22,23). The van der Waals surface area contributed by atoms with Crippen LogP contribution in [0, 0.1) is 0 Å². The zero-order valence-corrected chi connectivity index (χ0v) is 14.2. The summed E-state index contributed by atoms with van der Waals surface area (Å²) in [6.07, 6.45) is 1.84. The zero-order valence-electron chi connectivity index (χ0n) is 11.9. The first kappa shape index (κ1) is 17.4. The molecule has 1 aromatic heterocycles. The maximum absolute atomic E-state index is 11.1. The lowest BCUT2D eigenvalue weighted by atomic mass is 10.1. The van der Waals surface area contributed by atoms with Crippen LogP contribution in [0.25, 0.3) is 5.70 Å². The van der Waals surface area contributed by atoms with Gasteiger partial charge in [0.15, 0.2) is 10.8 Å². The molecule has 0 aliphatic heterocycles. The number of aromatic nitrogens is 1. The molecule has 0 atom stereocenters. The highest BCUT2D eigenvalue weighted by Crippen LogP contribution is 2.36. The third kappa shape index (κ3) is 3.88. The number of carboxylic acids is 1. The summed E-state index contributed by atoms with van der Waals surface area (Å²) in [5.74, 6) is -1.30. The lowest BCUT2D eigenvalue weighted by molar-refractivity contribution is 0.0691. The van der Waals surface area contributed by atoms with E-state index in [2.05, 4.69) is 15.8 Å². The van der Waals surface area contributed by atoms with Crippen LogP contribution in [0.1, 0.15) is 23.0 Å². The van der Waals surface area contributed by atoms with Crippen molar-refractivity contribution < 1.29 is 9.90 Å². The highest BCUT2D eigenvalue weighted by Gasteiger charge is 2.21. The SMILES string of the molecule is CC=C(NNc1c(Cl)c(Cl)nc(C(=O)O)c1Cl)c1ccccc1. The molecular formula is C15H12Cl3N3O2. The van der Waals surface area contributed by atoms with Gasteiger partial charge in [0.05, 0.1) is 11.4 Å². The van der Waals surface area contributed by atoms with E-state index in [9.17, 15) is 4.79 Å². The Morgan fingerprint density at radius 3 is 2.39 bits per heavy atom. The molecule has 5 nitrogen and oxygen atoms in total. The molecule has 0 radical (unpaired) electrons. The van der Waals surface area contributed by atoms with Gasteiger partial charge in [0.2, 0.25) is 0 Å². The molecule has 0 aliphatic carbocycles. The number of allylic oxidation sites excluding steroid dienone is 1. The van der Waals surface area contributed by atoms with Crippen molar-refractivity contribution in [1.29, 1.82) is 0 Å². The second-order valence-electron chi connectivity index (χ2n) is 4.38. The van der Waals surface area contributed by atoms with Crippen LogP contribution in [0.15, 0.2) is 36.4 Å². The minimum atomic E-state index is -1.30. The normalized spacial score (nSPS) is 11.2. The van der Waals surface area contributed by atoms with Crippen molar-refractivity contribution in [2.24, 2.45) is 0 Å². The maximum Gasteiger partial charge on any atom is 0.356 e. The number of anilines is 1. The Balaban J connectivity index is 2.32. The Bertz CT molecular complexity index is 764. The maximum atomic E-state index is 11.1. The van der Waals surface area contributed by atoms with Gasteiger partial charge in [-0.15, -0.1) is 0 Å². The van der Waals surface area contributed by atoms with Crippen LogP contribution in [0.4, 0.5) is 5.69 Å². The van der Waals surface area contributed by atoms with Crippen LogP contribution in [-0.2, 0) is 0 Å². The molecule has 0 fully saturated rings. The molecule has 120 valence electrons. The summed E-state index contributed by atoms with van der Waals surface area (Å²) in [7, 11) is 0. The predicted octanol–water partition coefficient (Wildman–Crippen LogP) is 4.72. The molecule has 0 saturated heterocycles. The molecule has 23 heavy (non-hydrogen) atoms. The predicted molar refractivity (Wildman–Crippen MR) is 93.1 cm³/mol. The second kappa shape index (κ2) is 7.55. The van der Waals surface area contributed by atoms with Crippen molar-refractivity contribution in [3.8, 4) is 0 Å². The van der Waals surface area contributed by atoms with Gasteiger partial charge in [-0.25, -0.2) is 9.78 Å². The van der Waals surface area contributed by atoms with Gasteiger partial charge in [-0.2, -0.15) is 0 Å². The highest BCUT2D eigenvalue weighted by molar-refractivity contribution is 6.46. The van der Waals surface area contributed by atoms with Gasteiger partial charge in [0.25, 0.3) is 0 Å². The number of hydrogen-bond donors (Lipinski definition) is 3. The minimum Gasteiger partial charge on any atom is -0.476 e. The fourth-order valence-corrected chi connectivity index (χ4v) is 2.50. The lowest BCUT2D eigenvalue weighted by Gasteiger charge is -2.16. The van der Waals surface area contributed by atoms with Crippen molar-refractivity contribution in [1.82, 2.24) is 10.4 Å². The molecule has 0 amide bonds. The molecule has 1 heterocycles. The Labute approximate surface area is 147 Å². The number of carboxylic acid groups (broad SMARTS) is 1. The molecule has 2 aromatic rings. The first-order valence-electron chi connectivity index (χ1n) is 6.47. The van der Waals surface area contributed by atoms with Gasteiger partial charge in [0.1, 0.15) is 10.0 Å². The number of hydrazine groups is 1. The van der Waals surface area contributed by atoms with E-state index in [4.69, 9.17) is 39.9 Å². The number of pyridine rings is 1. The van der Waals surface area contributed by atoms with E-state index in [1.165, 1.54) is 0 Å². The van der Waals surface area contributed by atoms with E-state index >= 15 is 0 Å². The number of carbonyl (C=O) groups is 1. The van der Waals surface area contributed by atoms with Crippen LogP contribution < -0.4 is 10.9 Å². The van der Waals surface area contributed by atoms with Crippen LogP contribution in [-0.4, -0.2) is 16.1 Å². The molecule has 3 N–H and O–H groups in total. The zero-order chi connectivity index (χ0) is 17.0. The quantitative estimate of drug-likeness (QED) is 0.523. The van der Waals surface area contributed by atoms with Crippen molar-refractivity contribution in [3.05, 3.63) is 62.9 Å². The molecule has 0 spiro atoms. The summed E-state index contributed by atoms with van der Waals surface area (Å²) in [5.41, 5.74) is 7.17. The summed E-state index contributed by atoms with van der Waals surface area (Å²) in [5, 5.41) is 8.83. The van der Waals surface area contributed by atoms with Crippen LogP contribution >= 0.6 is 34.8 Å². The third-order valence-electron chi connectivity index (χ3n) is 2.94. The minimum absolute atomic E-state index is 0.0256. The molecule has 1 aromatic carbocycles. The van der Waals surface area contributed by atoms with Crippen molar-refractivity contribution >= 4 is 52.2 Å². The second-order valence-corrected chi connectivity index (χ2v) is 5.49. The van der Waals surface area contributed by atoms with Crippen LogP contribution in [0.5, 0.6) is 0 Å². The van der Waals surface area contributed by atoms with Crippen molar-refractivity contribution in [2.45, 2.75) is 6.92 Å². The third-order valence-corrected chi connectivity index (χ3v) is 4.04. The molecule has 0 bridgehead atoms. The van der Waals surface area contributed by atoms with Gasteiger partial charge >= 0.3 is 5.97 Å². The topological polar surface area (TPSA) is 74.2 Å². The summed E-state index contributed by atoms with van der Waals surface area (Å²) in [6.45, 7) is 1.85. The number of hydrogen-bond acceptors (Lipinski definition) is 4. The molecule has 0 aliphatic rings. The number of nitrogens with one attached hydrogen (secondary N) is 2. The van der Waals surface area contributed by atoms with E-state index in [1.54, 1.807) is 0 Å². The summed E-state index contributed by atoms with van der Waals surface area (Å²) >= 11 is 18.0. The van der Waals surface area contributed by atoms with Gasteiger partial charge in [-0.1, -0.05) is 71.2 Å². The van der Waals surface area contributed by atoms with E-state index < -0.39 is 5.97 Å². The molecule has 8 heteroatoms. The average molecular weight is 373 g/mol. The number of benzene rings is 1. The van der Waals surface area contributed by atoms with E-state index in [-0.39, 0.29) is 26.6 Å². The van der Waals surface area contributed by atoms with Gasteiger partial charge in [0, 0.05) is 0 Å². The Kier molecular flexibility index (Phi) is 5.71. The fourth-order valence-electron chi connectivity index (χ4n) is 1.82. The van der Waals surface area contributed by atoms with Crippen molar-refractivity contribution in [2.75, 3.05) is 5.43 Å². The first-order chi connectivity index (χ1) is 11.0. The molecule has 2 rings (SSSR count). The van der Waals surface area contributed by atoms with Gasteiger partial charge < -0.3 is 10.5 Å². The van der Waals surface area contributed by atoms with Crippen molar-refractivity contribution in [3.63, 3.8) is 0 Å². The van der Waals surface area contributed by atoms with Crippen LogP contribution in [0.2, 0.25) is 15.2 Å². The number of aromatic carboxylic acids is 1. The fraction of sp³-hybridized carbons (Fsp3) is 0.0667. The summed E-state index contributed by atoms with van der Waals surface area (Å²) in [4.78, 5) is 14.8. The number of halogens is 3. The monoisotopic (exact) mass is 371 g/mol. The smallest absolute Gasteiger partial charge is 0.356 e. The first-order valence-corrected chi connectivity index (χ1v) is 7.60. The van der Waals surface area contributed by atoms with Gasteiger partial charge in [-0.3, -0.25) is 5.43 Å². The van der Waals surface area contributed by atoms with Gasteiger partial charge in [-0.05, 0) is 12.5 Å². The molecule has 0 saturated carbocycles.